The van der Waals surface area contributed by atoms with Gasteiger partial charge in [-0.25, -0.2) is 19.8 Å². The molecule has 0 unspecified atom stereocenters. The van der Waals surface area contributed by atoms with Crippen LogP contribution in [0.4, 0.5) is 16.2 Å². The molecule has 1 radical (unpaired) electrons. The van der Waals surface area contributed by atoms with Crippen molar-refractivity contribution in [3.05, 3.63) is 91.3 Å². The molecular weight excluding hydrogens is 542 g/mol. The Hall–Kier alpha value is -4.21. The molecule has 3 aromatic carbocycles. The third kappa shape index (κ3) is 8.65. The molecule has 1 heterocycles. The fourth-order valence-corrected chi connectivity index (χ4v) is 5.08. The number of rotatable bonds is 12. The monoisotopic (exact) mass is 582 g/mol. The highest BCUT2D eigenvalue weighted by atomic mass is 16.6. The zero-order chi connectivity index (χ0) is 29.9. The highest BCUT2D eigenvalue weighted by Gasteiger charge is 2.29. The van der Waals surface area contributed by atoms with E-state index in [4.69, 9.17) is 4.74 Å². The van der Waals surface area contributed by atoms with Gasteiger partial charge in [0.15, 0.2) is 0 Å². The number of amides is 3. The van der Waals surface area contributed by atoms with Gasteiger partial charge in [-0.3, -0.25) is 15.0 Å². The molecule has 1 aliphatic carbocycles. The van der Waals surface area contributed by atoms with Crippen molar-refractivity contribution in [1.29, 1.82) is 0 Å². The fourth-order valence-electron chi connectivity index (χ4n) is 5.08. The average molecular weight is 583 g/mol. The van der Waals surface area contributed by atoms with Gasteiger partial charge in [0, 0.05) is 31.6 Å². The van der Waals surface area contributed by atoms with Crippen LogP contribution in [0, 0.1) is 12.3 Å². The normalized spacial score (nSPS) is 15.0. The molecule has 2 aliphatic rings. The molecule has 225 valence electrons. The van der Waals surface area contributed by atoms with Gasteiger partial charge in [-0.15, -0.1) is 0 Å². The summed E-state index contributed by atoms with van der Waals surface area (Å²) >= 11 is 0. The lowest BCUT2D eigenvalue weighted by atomic mass is 10.0. The van der Waals surface area contributed by atoms with Crippen LogP contribution in [0.15, 0.2) is 84.9 Å². The molecule has 2 fully saturated rings. The number of para-hydroxylation sites is 2. The largest absolute Gasteiger partial charge is 0.448 e. The third-order valence-corrected chi connectivity index (χ3v) is 7.56. The van der Waals surface area contributed by atoms with Crippen LogP contribution in [0.3, 0.4) is 0 Å². The Morgan fingerprint density at radius 2 is 1.51 bits per heavy atom. The van der Waals surface area contributed by atoms with E-state index in [1.807, 2.05) is 65.7 Å². The summed E-state index contributed by atoms with van der Waals surface area (Å²) in [7, 11) is 0. The van der Waals surface area contributed by atoms with Crippen molar-refractivity contribution in [2.75, 3.05) is 42.8 Å². The maximum Gasteiger partial charge on any atom is 0.429 e. The SMILES string of the molecule is O=C(CCNCC1CC1)NN(C(=O)CCOC(=O)N(c1ccccc1-c1ccccc1)N1CC[CH]CC1)c1ccccc1. The zero-order valence-corrected chi connectivity index (χ0v) is 24.5. The summed E-state index contributed by atoms with van der Waals surface area (Å²) in [5.74, 6) is 0.0920. The fraction of sp³-hybridized carbons (Fsp3) is 0.353. The van der Waals surface area contributed by atoms with E-state index in [2.05, 4.69) is 17.2 Å². The Labute approximate surface area is 253 Å². The topological polar surface area (TPSA) is 94.2 Å². The Morgan fingerprint density at radius 1 is 0.837 bits per heavy atom. The van der Waals surface area contributed by atoms with E-state index in [1.165, 1.54) is 17.9 Å². The number of nitrogens with one attached hydrogen (secondary N) is 2. The molecule has 0 aromatic heterocycles. The Kier molecular flexibility index (Phi) is 10.8. The van der Waals surface area contributed by atoms with E-state index in [0.29, 0.717) is 25.3 Å². The Morgan fingerprint density at radius 3 is 2.23 bits per heavy atom. The number of carbonyl (C=O) groups excluding carboxylic acids is 3. The first kappa shape index (κ1) is 30.3. The van der Waals surface area contributed by atoms with Crippen molar-refractivity contribution in [2.45, 2.75) is 38.5 Å². The van der Waals surface area contributed by atoms with Gasteiger partial charge in [0.2, 0.25) is 11.8 Å². The molecule has 0 atom stereocenters. The van der Waals surface area contributed by atoms with Crippen molar-refractivity contribution < 1.29 is 19.1 Å². The number of piperidine rings is 1. The van der Waals surface area contributed by atoms with Gasteiger partial charge >= 0.3 is 6.09 Å². The summed E-state index contributed by atoms with van der Waals surface area (Å²) in [5.41, 5.74) is 5.91. The Bertz CT molecular complexity index is 1340. The zero-order valence-electron chi connectivity index (χ0n) is 24.5. The van der Waals surface area contributed by atoms with Crippen LogP contribution in [0.1, 0.15) is 38.5 Å². The molecule has 0 spiro atoms. The molecule has 2 N–H and O–H groups in total. The number of nitrogens with zero attached hydrogens (tertiary/aromatic N) is 3. The summed E-state index contributed by atoms with van der Waals surface area (Å²) in [5, 5.41) is 8.15. The van der Waals surface area contributed by atoms with Crippen LogP contribution >= 0.6 is 0 Å². The maximum atomic E-state index is 13.7. The lowest BCUT2D eigenvalue weighted by molar-refractivity contribution is -0.126. The summed E-state index contributed by atoms with van der Waals surface area (Å²) in [6.07, 6.45) is 6.04. The van der Waals surface area contributed by atoms with Gasteiger partial charge in [-0.2, -0.15) is 0 Å². The average Bonchev–Trinajstić information content (AvgIpc) is 3.88. The van der Waals surface area contributed by atoms with Crippen LogP contribution in [-0.2, 0) is 14.3 Å². The minimum atomic E-state index is -0.546. The molecule has 0 bridgehead atoms. The molecule has 3 amide bonds. The van der Waals surface area contributed by atoms with Gasteiger partial charge in [-0.1, -0.05) is 66.7 Å². The van der Waals surface area contributed by atoms with Crippen LogP contribution in [0.25, 0.3) is 11.1 Å². The van der Waals surface area contributed by atoms with Crippen molar-refractivity contribution in [1.82, 2.24) is 15.8 Å². The molecule has 1 saturated heterocycles. The quantitative estimate of drug-likeness (QED) is 0.221. The summed E-state index contributed by atoms with van der Waals surface area (Å²) in [6, 6.07) is 26.7. The molecule has 9 heteroatoms. The summed E-state index contributed by atoms with van der Waals surface area (Å²) < 4.78 is 5.74. The summed E-state index contributed by atoms with van der Waals surface area (Å²) in [4.78, 5) is 39.7. The lowest BCUT2D eigenvalue weighted by Crippen LogP contribution is -2.50. The highest BCUT2D eigenvalue weighted by Crippen LogP contribution is 2.33. The van der Waals surface area contributed by atoms with Crippen LogP contribution in [0.5, 0.6) is 0 Å². The minimum absolute atomic E-state index is 0.0945. The number of hydrazine groups is 2. The van der Waals surface area contributed by atoms with Crippen molar-refractivity contribution in [2.24, 2.45) is 5.92 Å². The predicted molar refractivity (Wildman–Crippen MR) is 168 cm³/mol. The number of anilines is 2. The van der Waals surface area contributed by atoms with E-state index in [1.54, 1.807) is 29.3 Å². The van der Waals surface area contributed by atoms with Crippen molar-refractivity contribution >= 4 is 29.3 Å². The first-order valence-corrected chi connectivity index (χ1v) is 15.2. The molecule has 3 aromatic rings. The standard InChI is InChI=1S/C34H40N5O4/c40-32(20-22-35-26-27-18-19-27)36-38(29-14-6-2-7-15-29)33(41)21-25-43-34(42)39(37-23-10-3-11-24-37)31-17-9-8-16-30(31)28-12-4-1-5-13-28/h1-9,12-17,27,35H,10-11,18-26H2,(H,36,40). The maximum absolute atomic E-state index is 13.7. The minimum Gasteiger partial charge on any atom is -0.448 e. The van der Waals surface area contributed by atoms with Gasteiger partial charge in [0.05, 0.1) is 17.8 Å². The second-order valence-electron chi connectivity index (χ2n) is 10.9. The summed E-state index contributed by atoms with van der Waals surface area (Å²) in [6.45, 7) is 2.69. The molecular formula is C34H40N5O4. The van der Waals surface area contributed by atoms with Gasteiger partial charge < -0.3 is 10.1 Å². The Balaban J connectivity index is 1.24. The molecule has 43 heavy (non-hydrogen) atoms. The van der Waals surface area contributed by atoms with Crippen LogP contribution < -0.4 is 20.8 Å². The van der Waals surface area contributed by atoms with E-state index >= 15 is 0 Å². The first-order valence-electron chi connectivity index (χ1n) is 15.2. The van der Waals surface area contributed by atoms with Gasteiger partial charge in [0.25, 0.3) is 0 Å². The number of hydrogen-bond acceptors (Lipinski definition) is 6. The van der Waals surface area contributed by atoms with Crippen molar-refractivity contribution in [3.63, 3.8) is 0 Å². The third-order valence-electron chi connectivity index (χ3n) is 7.56. The van der Waals surface area contributed by atoms with Crippen molar-refractivity contribution in [3.8, 4) is 11.1 Å². The van der Waals surface area contributed by atoms with E-state index in [9.17, 15) is 14.4 Å². The predicted octanol–water partition coefficient (Wildman–Crippen LogP) is 5.36. The molecule has 5 rings (SSSR count). The van der Waals surface area contributed by atoms with Crippen LogP contribution in [-0.4, -0.2) is 55.7 Å². The highest BCUT2D eigenvalue weighted by molar-refractivity contribution is 5.97. The number of ether oxygens (including phenoxy) is 1. The van der Waals surface area contributed by atoms with Crippen LogP contribution in [0.2, 0.25) is 0 Å². The molecule has 1 aliphatic heterocycles. The first-order chi connectivity index (χ1) is 21.1. The second-order valence-corrected chi connectivity index (χ2v) is 10.9. The van der Waals surface area contributed by atoms with Gasteiger partial charge in [0.1, 0.15) is 6.61 Å². The molecule has 1 saturated carbocycles. The van der Waals surface area contributed by atoms with E-state index < -0.39 is 6.09 Å². The number of hydrogen-bond donors (Lipinski definition) is 2. The number of carbonyl (C=O) groups is 3. The molecule has 9 nitrogen and oxygen atoms in total. The van der Waals surface area contributed by atoms with E-state index in [-0.39, 0.29) is 31.3 Å². The smallest absolute Gasteiger partial charge is 0.429 e. The second kappa shape index (κ2) is 15.3. The number of benzene rings is 3. The van der Waals surface area contributed by atoms with E-state index in [0.717, 1.165) is 42.1 Å². The lowest BCUT2D eigenvalue weighted by Gasteiger charge is -2.37. The van der Waals surface area contributed by atoms with Gasteiger partial charge in [-0.05, 0) is 68.3 Å².